The standard InChI is InChI=1S/C20H23N4O5S/c1-12-5-8-22-18(23-12)14-9-13(14)16(25)11-30(27,28)17-10-21-7-6-15(17)24-19(26)29-20(2,3)4/h5-6,8,10,13-14H,9,11H2,1-4H3,(H,21,24,26). The minimum Gasteiger partial charge on any atom is -0.444 e. The van der Waals surface area contributed by atoms with Gasteiger partial charge >= 0.3 is 6.09 Å². The number of carbonyl (C=O) groups excluding carboxylic acids is 2. The van der Waals surface area contributed by atoms with Gasteiger partial charge in [-0.3, -0.25) is 15.1 Å². The third-order valence-corrected chi connectivity index (χ3v) is 6.04. The Balaban J connectivity index is 1.72. The van der Waals surface area contributed by atoms with E-state index in [1.54, 1.807) is 33.0 Å². The number of nitrogens with one attached hydrogen (secondary N) is 1. The number of ketones is 1. The van der Waals surface area contributed by atoms with Gasteiger partial charge in [0.1, 0.15) is 22.1 Å². The number of pyridine rings is 1. The number of rotatable bonds is 6. The highest BCUT2D eigenvalue weighted by atomic mass is 32.2. The first-order valence-electron chi connectivity index (χ1n) is 9.37. The lowest BCUT2D eigenvalue weighted by molar-refractivity contribution is -0.117. The molecule has 1 fully saturated rings. The van der Waals surface area contributed by atoms with Gasteiger partial charge in [-0.1, -0.05) is 0 Å². The van der Waals surface area contributed by atoms with Crippen LogP contribution in [0.4, 0.5) is 10.5 Å². The second-order valence-electron chi connectivity index (χ2n) is 8.17. The van der Waals surface area contributed by atoms with Gasteiger partial charge in [0.05, 0.1) is 11.9 Å². The lowest BCUT2D eigenvalue weighted by Gasteiger charge is -2.20. The van der Waals surface area contributed by atoms with Gasteiger partial charge in [-0.2, -0.15) is 0 Å². The molecule has 1 saturated carbocycles. The zero-order valence-electron chi connectivity index (χ0n) is 17.2. The summed E-state index contributed by atoms with van der Waals surface area (Å²) < 4.78 is 30.9. The van der Waals surface area contributed by atoms with Crippen LogP contribution in [0, 0.1) is 19.0 Å². The van der Waals surface area contributed by atoms with E-state index >= 15 is 0 Å². The Bertz CT molecular complexity index is 1080. The van der Waals surface area contributed by atoms with Crippen LogP contribution < -0.4 is 5.32 Å². The maximum Gasteiger partial charge on any atom is 0.412 e. The lowest BCUT2D eigenvalue weighted by Crippen LogP contribution is -2.28. The molecule has 2 unspecified atom stereocenters. The minimum absolute atomic E-state index is 0.0404. The van der Waals surface area contributed by atoms with Crippen LogP contribution in [0.15, 0.2) is 29.4 Å². The monoisotopic (exact) mass is 431 g/mol. The number of amides is 1. The highest BCUT2D eigenvalue weighted by Crippen LogP contribution is 2.47. The average Bonchev–Trinajstić information content (AvgIpc) is 3.41. The topological polar surface area (TPSA) is 128 Å². The van der Waals surface area contributed by atoms with Crippen molar-refractivity contribution in [1.82, 2.24) is 15.0 Å². The van der Waals surface area contributed by atoms with Gasteiger partial charge in [0.2, 0.25) is 0 Å². The van der Waals surface area contributed by atoms with Crippen molar-refractivity contribution in [3.63, 3.8) is 0 Å². The number of aromatic nitrogens is 3. The first-order chi connectivity index (χ1) is 14.0. The van der Waals surface area contributed by atoms with Crippen LogP contribution in [0.3, 0.4) is 0 Å². The summed E-state index contributed by atoms with van der Waals surface area (Å²) in [6.07, 6.45) is 4.86. The SMILES string of the molecule is Cc1ccnc(C2CC2C(=O)CS(=O)(=O)c2cn[c]cc2NC(=O)OC(C)(C)C)n1. The van der Waals surface area contributed by atoms with Crippen molar-refractivity contribution in [2.45, 2.75) is 50.5 Å². The average molecular weight is 431 g/mol. The number of nitrogens with zero attached hydrogens (tertiary/aromatic N) is 3. The van der Waals surface area contributed by atoms with Crippen molar-refractivity contribution in [3.05, 3.63) is 42.2 Å². The van der Waals surface area contributed by atoms with Gasteiger partial charge in [-0.15, -0.1) is 0 Å². The van der Waals surface area contributed by atoms with E-state index in [0.717, 1.165) is 11.9 Å². The first kappa shape index (κ1) is 21.8. The maximum absolute atomic E-state index is 12.9. The normalized spacial score (nSPS) is 18.5. The fourth-order valence-electron chi connectivity index (χ4n) is 2.95. The smallest absolute Gasteiger partial charge is 0.412 e. The Morgan fingerprint density at radius 2 is 2.07 bits per heavy atom. The fourth-order valence-corrected chi connectivity index (χ4v) is 4.36. The molecule has 2 aromatic heterocycles. The number of aryl methyl sites for hydroxylation is 1. The van der Waals surface area contributed by atoms with Crippen LogP contribution in [0.1, 0.15) is 44.6 Å². The molecule has 30 heavy (non-hydrogen) atoms. The Morgan fingerprint density at radius 1 is 1.33 bits per heavy atom. The fraction of sp³-hybridized carbons (Fsp3) is 0.450. The Kier molecular flexibility index (Phi) is 5.89. The van der Waals surface area contributed by atoms with E-state index in [9.17, 15) is 18.0 Å². The molecule has 1 aliphatic carbocycles. The van der Waals surface area contributed by atoms with Crippen LogP contribution in [0.2, 0.25) is 0 Å². The number of sulfone groups is 1. The molecule has 3 rings (SSSR count). The number of Topliss-reactive ketones (excluding diaryl/α,β-unsaturated/α-hetero) is 1. The molecular formula is C20H23N4O5S. The molecule has 1 N–H and O–H groups in total. The van der Waals surface area contributed by atoms with E-state index in [2.05, 4.69) is 26.5 Å². The number of anilines is 1. The molecule has 2 heterocycles. The molecule has 2 aromatic rings. The molecule has 0 aliphatic heterocycles. The van der Waals surface area contributed by atoms with Crippen molar-refractivity contribution in [2.24, 2.45) is 5.92 Å². The number of carbonyl (C=O) groups is 2. The summed E-state index contributed by atoms with van der Waals surface area (Å²) in [4.78, 5) is 36.6. The molecular weight excluding hydrogens is 408 g/mol. The second-order valence-corrected chi connectivity index (χ2v) is 10.1. The summed E-state index contributed by atoms with van der Waals surface area (Å²) in [5.41, 5.74) is -0.00842. The number of hydrogen-bond acceptors (Lipinski definition) is 8. The molecule has 0 aromatic carbocycles. The third kappa shape index (κ3) is 5.38. The van der Waals surface area contributed by atoms with Gasteiger partial charge < -0.3 is 4.74 Å². The zero-order valence-corrected chi connectivity index (χ0v) is 18.0. The van der Waals surface area contributed by atoms with E-state index in [1.165, 1.54) is 6.07 Å². The van der Waals surface area contributed by atoms with Gasteiger partial charge in [-0.05, 0) is 46.2 Å². The zero-order chi connectivity index (χ0) is 22.1. The quantitative estimate of drug-likeness (QED) is 0.739. The van der Waals surface area contributed by atoms with Crippen LogP contribution in [0.25, 0.3) is 0 Å². The van der Waals surface area contributed by atoms with Gasteiger partial charge in [0.25, 0.3) is 0 Å². The summed E-state index contributed by atoms with van der Waals surface area (Å²) in [5, 5.41) is 2.39. The molecule has 0 saturated heterocycles. The van der Waals surface area contributed by atoms with Crippen molar-refractivity contribution in [2.75, 3.05) is 11.1 Å². The Hall–Kier alpha value is -2.88. The maximum atomic E-state index is 12.9. The van der Waals surface area contributed by atoms with Crippen LogP contribution in [-0.2, 0) is 19.4 Å². The van der Waals surface area contributed by atoms with Crippen LogP contribution in [0.5, 0.6) is 0 Å². The second kappa shape index (κ2) is 8.10. The van der Waals surface area contributed by atoms with E-state index in [0.29, 0.717) is 12.2 Å². The summed E-state index contributed by atoms with van der Waals surface area (Å²) in [6.45, 7) is 6.89. The van der Waals surface area contributed by atoms with E-state index in [1.807, 2.05) is 6.92 Å². The molecule has 0 spiro atoms. The summed E-state index contributed by atoms with van der Waals surface area (Å²) in [7, 11) is -4.04. The van der Waals surface area contributed by atoms with Crippen LogP contribution in [-0.4, -0.2) is 46.6 Å². The molecule has 10 heteroatoms. The van der Waals surface area contributed by atoms with Crippen molar-refractivity contribution in [3.8, 4) is 0 Å². The lowest BCUT2D eigenvalue weighted by atomic mass is 10.2. The molecule has 1 aliphatic rings. The molecule has 1 radical (unpaired) electrons. The molecule has 9 nitrogen and oxygen atoms in total. The highest BCUT2D eigenvalue weighted by molar-refractivity contribution is 7.92. The minimum atomic E-state index is -4.04. The molecule has 0 bridgehead atoms. The first-order valence-corrected chi connectivity index (χ1v) is 11.0. The van der Waals surface area contributed by atoms with Gasteiger partial charge in [0.15, 0.2) is 15.6 Å². The summed E-state index contributed by atoms with van der Waals surface area (Å²) in [6, 6.07) is 2.98. The Morgan fingerprint density at radius 3 is 2.73 bits per heavy atom. The molecule has 159 valence electrons. The van der Waals surface area contributed by atoms with Crippen molar-refractivity contribution in [1.29, 1.82) is 0 Å². The highest BCUT2D eigenvalue weighted by Gasteiger charge is 2.47. The van der Waals surface area contributed by atoms with Crippen molar-refractivity contribution < 1.29 is 22.7 Å². The largest absolute Gasteiger partial charge is 0.444 e. The van der Waals surface area contributed by atoms with Gasteiger partial charge in [0, 0.05) is 29.9 Å². The summed E-state index contributed by atoms with van der Waals surface area (Å²) >= 11 is 0. The van der Waals surface area contributed by atoms with Crippen molar-refractivity contribution >= 4 is 27.4 Å². The molecule has 2 atom stereocenters. The predicted molar refractivity (Wildman–Crippen MR) is 108 cm³/mol. The van der Waals surface area contributed by atoms with Gasteiger partial charge in [-0.25, -0.2) is 23.2 Å². The number of hydrogen-bond donors (Lipinski definition) is 1. The number of ether oxygens (including phenoxy) is 1. The van der Waals surface area contributed by atoms with Crippen LogP contribution >= 0.6 is 0 Å². The van der Waals surface area contributed by atoms with E-state index in [-0.39, 0.29) is 16.5 Å². The third-order valence-electron chi connectivity index (χ3n) is 4.38. The van der Waals surface area contributed by atoms with E-state index < -0.39 is 39.0 Å². The molecule has 1 amide bonds. The predicted octanol–water partition coefficient (Wildman–Crippen LogP) is 2.47. The summed E-state index contributed by atoms with van der Waals surface area (Å²) in [5.74, 6) is -1.18. The Labute approximate surface area is 175 Å². The van der Waals surface area contributed by atoms with E-state index in [4.69, 9.17) is 4.74 Å².